The lowest BCUT2D eigenvalue weighted by atomic mass is 10.2. The number of pyridine rings is 1. The minimum absolute atomic E-state index is 0.208. The number of hydrogen-bond donors (Lipinski definition) is 3. The monoisotopic (exact) mass is 354 g/mol. The van der Waals surface area contributed by atoms with Crippen molar-refractivity contribution in [3.8, 4) is 5.75 Å². The summed E-state index contributed by atoms with van der Waals surface area (Å²) in [4.78, 5) is 27.8. The van der Waals surface area contributed by atoms with Crippen LogP contribution in [0.15, 0.2) is 48.8 Å². The molecule has 3 N–H and O–H groups in total. The van der Waals surface area contributed by atoms with Crippen molar-refractivity contribution in [2.45, 2.75) is 38.5 Å². The van der Waals surface area contributed by atoms with E-state index >= 15 is 0 Å². The third-order valence-corrected chi connectivity index (χ3v) is 3.89. The Morgan fingerprint density at radius 3 is 2.85 bits per heavy atom. The molecule has 0 aliphatic heterocycles. The maximum atomic E-state index is 12.1. The predicted octanol–water partition coefficient (Wildman–Crippen LogP) is 2.45. The van der Waals surface area contributed by atoms with E-state index < -0.39 is 12.1 Å². The van der Waals surface area contributed by atoms with Crippen molar-refractivity contribution < 1.29 is 14.3 Å². The first-order valence-electron chi connectivity index (χ1n) is 8.60. The van der Waals surface area contributed by atoms with E-state index in [0.29, 0.717) is 12.4 Å². The summed E-state index contributed by atoms with van der Waals surface area (Å²) in [6.07, 6.45) is 5.41. The first-order chi connectivity index (χ1) is 12.6. The Kier molecular flexibility index (Phi) is 5.68. The average Bonchev–Trinajstić information content (AvgIpc) is 3.45. The van der Waals surface area contributed by atoms with Gasteiger partial charge in [0.25, 0.3) is 0 Å². The van der Waals surface area contributed by atoms with Crippen LogP contribution in [0, 0.1) is 0 Å². The molecule has 0 bridgehead atoms. The Bertz CT molecular complexity index is 762. The molecular weight excluding hydrogens is 332 g/mol. The molecule has 0 unspecified atom stereocenters. The minimum atomic E-state index is -0.562. The van der Waals surface area contributed by atoms with Gasteiger partial charge in [-0.2, -0.15) is 0 Å². The van der Waals surface area contributed by atoms with Crippen LogP contribution in [0.2, 0.25) is 0 Å². The second-order valence-electron chi connectivity index (χ2n) is 6.28. The van der Waals surface area contributed by atoms with Crippen LogP contribution in [0.25, 0.3) is 0 Å². The number of anilines is 1. The maximum Gasteiger partial charge on any atom is 0.321 e. The van der Waals surface area contributed by atoms with Gasteiger partial charge in [-0.1, -0.05) is 12.1 Å². The standard InChI is InChI=1S/C19H22N4O3/c1-13(18(24)23-19(25)22-15-7-8-15)21-16-5-2-6-17(10-16)26-12-14-4-3-9-20-11-14/h2-6,9-11,13,15,21H,7-8,12H2,1H3,(H2,22,23,24,25)/t13-/m1/s1. The summed E-state index contributed by atoms with van der Waals surface area (Å²) in [5.74, 6) is 0.294. The van der Waals surface area contributed by atoms with Crippen LogP contribution in [-0.4, -0.2) is 29.0 Å². The summed E-state index contributed by atoms with van der Waals surface area (Å²) in [6.45, 7) is 2.11. The third-order valence-electron chi connectivity index (χ3n) is 3.89. The van der Waals surface area contributed by atoms with Gasteiger partial charge < -0.3 is 15.4 Å². The van der Waals surface area contributed by atoms with E-state index in [9.17, 15) is 9.59 Å². The third kappa shape index (κ3) is 5.47. The summed E-state index contributed by atoms with van der Waals surface area (Å²) in [5.41, 5.74) is 1.71. The Labute approximate surface area is 152 Å². The van der Waals surface area contributed by atoms with Crippen LogP contribution in [0.3, 0.4) is 0 Å². The number of imide groups is 1. The van der Waals surface area contributed by atoms with Crippen molar-refractivity contribution in [1.29, 1.82) is 0 Å². The SMILES string of the molecule is C[C@@H](Nc1cccc(OCc2cccnc2)c1)C(=O)NC(=O)NC1CC1. The number of benzene rings is 1. The van der Waals surface area contributed by atoms with Gasteiger partial charge in [-0.15, -0.1) is 0 Å². The molecule has 7 heteroatoms. The fraction of sp³-hybridized carbons (Fsp3) is 0.316. The molecule has 1 aliphatic rings. The number of rotatable bonds is 7. The van der Waals surface area contributed by atoms with Crippen LogP contribution in [0.5, 0.6) is 5.75 Å². The first-order valence-corrected chi connectivity index (χ1v) is 8.60. The van der Waals surface area contributed by atoms with Crippen molar-refractivity contribution in [3.63, 3.8) is 0 Å². The van der Waals surface area contributed by atoms with Gasteiger partial charge in [-0.3, -0.25) is 15.1 Å². The number of carbonyl (C=O) groups is 2. The average molecular weight is 354 g/mol. The second-order valence-corrected chi connectivity index (χ2v) is 6.28. The molecule has 0 saturated heterocycles. The summed E-state index contributed by atoms with van der Waals surface area (Å²) < 4.78 is 5.75. The number of urea groups is 1. The van der Waals surface area contributed by atoms with E-state index in [2.05, 4.69) is 20.9 Å². The summed E-state index contributed by atoms with van der Waals surface area (Å²) in [5, 5.41) is 8.13. The van der Waals surface area contributed by atoms with Gasteiger partial charge in [0.1, 0.15) is 18.4 Å². The van der Waals surface area contributed by atoms with Gasteiger partial charge in [0, 0.05) is 35.8 Å². The molecule has 7 nitrogen and oxygen atoms in total. The van der Waals surface area contributed by atoms with Crippen LogP contribution >= 0.6 is 0 Å². The predicted molar refractivity (Wildman–Crippen MR) is 97.8 cm³/mol. The van der Waals surface area contributed by atoms with Gasteiger partial charge in [-0.25, -0.2) is 4.79 Å². The zero-order valence-corrected chi connectivity index (χ0v) is 14.6. The number of hydrogen-bond acceptors (Lipinski definition) is 5. The van der Waals surface area contributed by atoms with Crippen molar-refractivity contribution in [3.05, 3.63) is 54.4 Å². The van der Waals surface area contributed by atoms with E-state index in [4.69, 9.17) is 4.74 Å². The molecule has 1 aromatic carbocycles. The fourth-order valence-electron chi connectivity index (χ4n) is 2.31. The summed E-state index contributed by atoms with van der Waals surface area (Å²) in [6, 6.07) is 10.3. The number of nitrogens with one attached hydrogen (secondary N) is 3. The van der Waals surface area contributed by atoms with E-state index in [0.717, 1.165) is 24.1 Å². The number of nitrogens with zero attached hydrogens (tertiary/aromatic N) is 1. The zero-order valence-electron chi connectivity index (χ0n) is 14.6. The zero-order chi connectivity index (χ0) is 18.4. The van der Waals surface area contributed by atoms with E-state index in [1.165, 1.54) is 0 Å². The second kappa shape index (κ2) is 8.33. The molecule has 3 amide bonds. The Morgan fingerprint density at radius 2 is 2.12 bits per heavy atom. The molecule has 136 valence electrons. The first kappa shape index (κ1) is 17.7. The van der Waals surface area contributed by atoms with Crippen molar-refractivity contribution in [2.75, 3.05) is 5.32 Å². The number of carbonyl (C=O) groups excluding carboxylic acids is 2. The molecule has 1 atom stereocenters. The molecule has 2 aromatic rings. The summed E-state index contributed by atoms with van der Waals surface area (Å²) in [7, 11) is 0. The van der Waals surface area contributed by atoms with Gasteiger partial charge in [0.2, 0.25) is 5.91 Å². The van der Waals surface area contributed by atoms with Crippen LogP contribution in [-0.2, 0) is 11.4 Å². The van der Waals surface area contributed by atoms with E-state index in [1.54, 1.807) is 19.3 Å². The van der Waals surface area contributed by atoms with Gasteiger partial charge in [0.05, 0.1) is 0 Å². The minimum Gasteiger partial charge on any atom is -0.489 e. The molecule has 26 heavy (non-hydrogen) atoms. The number of amides is 3. The van der Waals surface area contributed by atoms with Crippen molar-refractivity contribution in [2.24, 2.45) is 0 Å². The van der Waals surface area contributed by atoms with Crippen LogP contribution in [0.1, 0.15) is 25.3 Å². The van der Waals surface area contributed by atoms with Crippen molar-refractivity contribution >= 4 is 17.6 Å². The topological polar surface area (TPSA) is 92.3 Å². The van der Waals surface area contributed by atoms with Crippen molar-refractivity contribution in [1.82, 2.24) is 15.6 Å². The lowest BCUT2D eigenvalue weighted by Gasteiger charge is -2.16. The van der Waals surface area contributed by atoms with E-state index in [-0.39, 0.29) is 11.9 Å². The van der Waals surface area contributed by atoms with Gasteiger partial charge in [-0.05, 0) is 38.0 Å². The summed E-state index contributed by atoms with van der Waals surface area (Å²) >= 11 is 0. The molecule has 1 heterocycles. The fourth-order valence-corrected chi connectivity index (χ4v) is 2.31. The van der Waals surface area contributed by atoms with Crippen LogP contribution < -0.4 is 20.7 Å². The van der Waals surface area contributed by atoms with Gasteiger partial charge >= 0.3 is 6.03 Å². The highest BCUT2D eigenvalue weighted by molar-refractivity contribution is 5.98. The smallest absolute Gasteiger partial charge is 0.321 e. The van der Waals surface area contributed by atoms with Crippen LogP contribution in [0.4, 0.5) is 10.5 Å². The largest absolute Gasteiger partial charge is 0.489 e. The molecule has 3 rings (SSSR count). The number of aromatic nitrogens is 1. The molecule has 1 saturated carbocycles. The molecule has 0 radical (unpaired) electrons. The quantitative estimate of drug-likeness (QED) is 0.710. The number of ether oxygens (including phenoxy) is 1. The van der Waals surface area contributed by atoms with E-state index in [1.807, 2.05) is 36.4 Å². The Balaban J connectivity index is 1.50. The lowest BCUT2D eigenvalue weighted by molar-refractivity contribution is -0.120. The van der Waals surface area contributed by atoms with Gasteiger partial charge in [0.15, 0.2) is 0 Å². The molecular formula is C19H22N4O3. The highest BCUT2D eigenvalue weighted by Gasteiger charge is 2.24. The Morgan fingerprint density at radius 1 is 1.27 bits per heavy atom. The lowest BCUT2D eigenvalue weighted by Crippen LogP contribution is -2.46. The molecule has 1 aromatic heterocycles. The molecule has 1 aliphatic carbocycles. The Hall–Kier alpha value is -3.09. The highest BCUT2D eigenvalue weighted by atomic mass is 16.5. The molecule has 0 spiro atoms. The molecule has 1 fully saturated rings. The normalized spacial score (nSPS) is 14.2. The highest BCUT2D eigenvalue weighted by Crippen LogP contribution is 2.20. The maximum absolute atomic E-state index is 12.1.